The summed E-state index contributed by atoms with van der Waals surface area (Å²) in [6.07, 6.45) is 3.60. The normalized spacial score (nSPS) is 24.3. The fourth-order valence-electron chi connectivity index (χ4n) is 7.82. The maximum Gasteiger partial charge on any atom is 0.258 e. The quantitative estimate of drug-likeness (QED) is 0.493. The minimum absolute atomic E-state index is 0.0302. The average Bonchev–Trinajstić information content (AvgIpc) is 3.26. The van der Waals surface area contributed by atoms with Crippen LogP contribution in [0.25, 0.3) is 5.57 Å². The van der Waals surface area contributed by atoms with Crippen LogP contribution in [-0.2, 0) is 16.1 Å². The topological polar surface area (TPSA) is 90.0 Å². The van der Waals surface area contributed by atoms with Crippen molar-refractivity contribution >= 4 is 40.8 Å². The zero-order valence-corrected chi connectivity index (χ0v) is 25.8. The van der Waals surface area contributed by atoms with Gasteiger partial charge in [-0.2, -0.15) is 0 Å². The molecule has 5 aliphatic rings. The van der Waals surface area contributed by atoms with E-state index in [4.69, 9.17) is 11.6 Å². The standard InChI is InChI=1S/C34H36ClFN4O4/c1-33(2)10-9-21(25(13-33)20-3-5-24(35)6-4-20)14-38-16-34(17-38)18-39(19-34)31(43)22-11-23-15-40(32(44)29(23)26(36)12-22)27-7-8-28(41)37-30(27)42/h3-6,11-12,27H,7-10,13-19H2,1-2H3,(H,37,41,42). The minimum Gasteiger partial charge on any atom is -0.337 e. The van der Waals surface area contributed by atoms with E-state index in [2.05, 4.69) is 36.2 Å². The van der Waals surface area contributed by atoms with Crippen molar-refractivity contribution in [2.24, 2.45) is 10.8 Å². The summed E-state index contributed by atoms with van der Waals surface area (Å²) in [5.41, 5.74) is 5.01. The number of amides is 4. The number of imide groups is 1. The largest absolute Gasteiger partial charge is 0.337 e. The molecule has 4 amide bonds. The van der Waals surface area contributed by atoms with Crippen molar-refractivity contribution in [1.29, 1.82) is 0 Å². The lowest BCUT2D eigenvalue weighted by Gasteiger charge is -2.60. The number of benzene rings is 2. The Balaban J connectivity index is 0.986. The van der Waals surface area contributed by atoms with Crippen LogP contribution in [-0.4, -0.2) is 77.1 Å². The molecule has 230 valence electrons. The highest BCUT2D eigenvalue weighted by molar-refractivity contribution is 6.30. The number of fused-ring (bicyclic) bond motifs is 1. The molecule has 0 saturated carbocycles. The Morgan fingerprint density at radius 1 is 1.05 bits per heavy atom. The van der Waals surface area contributed by atoms with Crippen LogP contribution in [0.15, 0.2) is 42.0 Å². The van der Waals surface area contributed by atoms with Gasteiger partial charge in [0.1, 0.15) is 11.9 Å². The third kappa shape index (κ3) is 5.13. The van der Waals surface area contributed by atoms with Crippen LogP contribution >= 0.6 is 11.6 Å². The van der Waals surface area contributed by atoms with Gasteiger partial charge < -0.3 is 9.80 Å². The molecular formula is C34H36ClFN4O4. The van der Waals surface area contributed by atoms with Crippen molar-refractivity contribution in [2.45, 2.75) is 58.5 Å². The molecule has 0 bridgehead atoms. The highest BCUT2D eigenvalue weighted by Gasteiger charge is 2.53. The Bertz CT molecular complexity index is 1620. The van der Waals surface area contributed by atoms with E-state index in [0.717, 1.165) is 50.0 Å². The molecule has 2 aromatic carbocycles. The van der Waals surface area contributed by atoms with Gasteiger partial charge in [-0.1, -0.05) is 43.2 Å². The van der Waals surface area contributed by atoms with Crippen LogP contribution < -0.4 is 5.32 Å². The molecule has 4 aliphatic heterocycles. The molecule has 7 rings (SSSR count). The van der Waals surface area contributed by atoms with Crippen LogP contribution in [0.1, 0.15) is 77.8 Å². The van der Waals surface area contributed by atoms with E-state index in [1.54, 1.807) is 11.0 Å². The SMILES string of the molecule is CC1(C)CCC(CN2CC3(C2)CN(C(=O)c2cc(F)c4c(c2)CN(C2CCC(=O)NC2=O)C4=O)C3)=C(c2ccc(Cl)cc2)C1. The van der Waals surface area contributed by atoms with Gasteiger partial charge in [-0.15, -0.1) is 0 Å². The molecule has 44 heavy (non-hydrogen) atoms. The predicted molar refractivity (Wildman–Crippen MR) is 163 cm³/mol. The van der Waals surface area contributed by atoms with Gasteiger partial charge in [-0.25, -0.2) is 4.39 Å². The first-order valence-corrected chi connectivity index (χ1v) is 15.7. The second-order valence-corrected chi connectivity index (χ2v) is 14.6. The molecule has 0 aromatic heterocycles. The number of nitrogens with one attached hydrogen (secondary N) is 1. The van der Waals surface area contributed by atoms with E-state index in [1.165, 1.54) is 21.6 Å². The highest BCUT2D eigenvalue weighted by Crippen LogP contribution is 2.46. The van der Waals surface area contributed by atoms with Gasteiger partial charge in [0, 0.05) is 61.7 Å². The predicted octanol–water partition coefficient (Wildman–Crippen LogP) is 4.66. The smallest absolute Gasteiger partial charge is 0.258 e. The average molecular weight is 619 g/mol. The first-order valence-electron chi connectivity index (χ1n) is 15.4. The maximum absolute atomic E-state index is 15.2. The number of carbonyl (C=O) groups is 4. The molecular weight excluding hydrogens is 583 g/mol. The van der Waals surface area contributed by atoms with Gasteiger partial charge in [0.2, 0.25) is 11.8 Å². The second-order valence-electron chi connectivity index (χ2n) is 14.1. The van der Waals surface area contributed by atoms with Crippen molar-refractivity contribution in [3.05, 3.63) is 75.1 Å². The number of likely N-dealkylation sites (tertiary alicyclic amines) is 2. The maximum atomic E-state index is 15.2. The summed E-state index contributed by atoms with van der Waals surface area (Å²) in [5.74, 6) is -2.51. The molecule has 4 heterocycles. The zero-order valence-electron chi connectivity index (χ0n) is 25.1. The first kappa shape index (κ1) is 29.2. The van der Waals surface area contributed by atoms with E-state index >= 15 is 4.39 Å². The Morgan fingerprint density at radius 2 is 1.77 bits per heavy atom. The molecule has 3 fully saturated rings. The van der Waals surface area contributed by atoms with E-state index in [9.17, 15) is 19.2 Å². The van der Waals surface area contributed by atoms with E-state index in [0.29, 0.717) is 18.7 Å². The van der Waals surface area contributed by atoms with E-state index < -0.39 is 23.7 Å². The van der Waals surface area contributed by atoms with Gasteiger partial charge in [0.25, 0.3) is 11.8 Å². The molecule has 2 aromatic rings. The van der Waals surface area contributed by atoms with E-state index in [-0.39, 0.29) is 53.2 Å². The van der Waals surface area contributed by atoms with Crippen LogP contribution in [0, 0.1) is 16.6 Å². The van der Waals surface area contributed by atoms with Crippen molar-refractivity contribution in [3.63, 3.8) is 0 Å². The van der Waals surface area contributed by atoms with Crippen molar-refractivity contribution < 1.29 is 23.6 Å². The van der Waals surface area contributed by atoms with Crippen LogP contribution in [0.3, 0.4) is 0 Å². The number of carbonyl (C=O) groups excluding carboxylic acids is 4. The molecule has 1 spiro atoms. The number of nitrogens with zero attached hydrogens (tertiary/aromatic N) is 3. The summed E-state index contributed by atoms with van der Waals surface area (Å²) in [4.78, 5) is 55.8. The summed E-state index contributed by atoms with van der Waals surface area (Å²) < 4.78 is 15.2. The Morgan fingerprint density at radius 3 is 2.48 bits per heavy atom. The summed E-state index contributed by atoms with van der Waals surface area (Å²) in [6, 6.07) is 10.0. The minimum atomic E-state index is -0.832. The van der Waals surface area contributed by atoms with E-state index in [1.807, 2.05) is 12.1 Å². The van der Waals surface area contributed by atoms with Crippen LogP contribution in [0.5, 0.6) is 0 Å². The second kappa shape index (κ2) is 10.5. The third-order valence-corrected chi connectivity index (χ3v) is 10.3. The summed E-state index contributed by atoms with van der Waals surface area (Å²) >= 11 is 6.16. The lowest BCUT2D eigenvalue weighted by Crippen LogP contribution is -2.72. The molecule has 1 atom stereocenters. The lowest BCUT2D eigenvalue weighted by molar-refractivity contribution is -0.136. The molecule has 1 unspecified atom stereocenters. The van der Waals surface area contributed by atoms with Crippen LogP contribution in [0.2, 0.25) is 5.02 Å². The highest BCUT2D eigenvalue weighted by atomic mass is 35.5. The summed E-state index contributed by atoms with van der Waals surface area (Å²) in [7, 11) is 0. The van der Waals surface area contributed by atoms with Gasteiger partial charge in [-0.3, -0.25) is 29.4 Å². The fourth-order valence-corrected chi connectivity index (χ4v) is 7.95. The van der Waals surface area contributed by atoms with Crippen molar-refractivity contribution in [1.82, 2.24) is 20.0 Å². The van der Waals surface area contributed by atoms with Crippen LogP contribution in [0.4, 0.5) is 4.39 Å². The number of rotatable bonds is 5. The van der Waals surface area contributed by atoms with Gasteiger partial charge in [-0.05, 0) is 72.1 Å². The third-order valence-electron chi connectivity index (χ3n) is 10.1. The Labute approximate surface area is 261 Å². The Kier molecular flexibility index (Phi) is 6.97. The molecule has 3 saturated heterocycles. The number of piperidine rings is 1. The van der Waals surface area contributed by atoms with Gasteiger partial charge in [0.15, 0.2) is 0 Å². The zero-order chi connectivity index (χ0) is 31.0. The molecule has 1 aliphatic carbocycles. The summed E-state index contributed by atoms with van der Waals surface area (Å²) in [6.45, 7) is 8.71. The number of hydrogen-bond donors (Lipinski definition) is 1. The molecule has 1 N–H and O–H groups in total. The Hall–Kier alpha value is -3.56. The van der Waals surface area contributed by atoms with Crippen molar-refractivity contribution in [2.75, 3.05) is 32.7 Å². The number of allylic oxidation sites excluding steroid dienone is 1. The number of halogens is 2. The van der Waals surface area contributed by atoms with Crippen molar-refractivity contribution in [3.8, 4) is 0 Å². The van der Waals surface area contributed by atoms with Gasteiger partial charge in [0.05, 0.1) is 5.56 Å². The molecule has 0 radical (unpaired) electrons. The van der Waals surface area contributed by atoms with Gasteiger partial charge >= 0.3 is 0 Å². The monoisotopic (exact) mass is 618 g/mol. The molecule has 8 nitrogen and oxygen atoms in total. The lowest BCUT2D eigenvalue weighted by atomic mass is 9.70. The summed E-state index contributed by atoms with van der Waals surface area (Å²) in [5, 5.41) is 2.99. The first-order chi connectivity index (χ1) is 20.9. The fraction of sp³-hybridized carbons (Fsp3) is 0.471. The number of hydrogen-bond acceptors (Lipinski definition) is 5. The molecule has 10 heteroatoms.